The largest absolute Gasteiger partial charge is 0.467 e. The van der Waals surface area contributed by atoms with E-state index in [2.05, 4.69) is 0 Å². The van der Waals surface area contributed by atoms with Crippen molar-refractivity contribution in [2.75, 3.05) is 16.6 Å². The number of aryl methyl sites for hydroxylation is 1. The number of hydroxylamine groups is 1. The van der Waals surface area contributed by atoms with Gasteiger partial charge in [0, 0.05) is 0 Å². The molecule has 168 valence electrons. The van der Waals surface area contributed by atoms with E-state index < -0.39 is 29.9 Å². The molecule has 0 N–H and O–H groups in total. The summed E-state index contributed by atoms with van der Waals surface area (Å²) in [5.41, 5.74) is 2.42. The number of carbonyl (C=O) groups excluding carboxylic acids is 3. The first-order chi connectivity index (χ1) is 16.0. The van der Waals surface area contributed by atoms with Gasteiger partial charge in [-0.05, 0) is 61.9 Å². The minimum Gasteiger partial charge on any atom is -0.467 e. The van der Waals surface area contributed by atoms with Gasteiger partial charge in [-0.15, -0.1) is 0 Å². The van der Waals surface area contributed by atoms with Crippen LogP contribution in [0.3, 0.4) is 0 Å². The fourth-order valence-electron chi connectivity index (χ4n) is 4.40. The topological polar surface area (TPSA) is 89.3 Å². The molecule has 3 aromatic rings. The summed E-state index contributed by atoms with van der Waals surface area (Å²) in [7, 11) is 0. The maximum atomic E-state index is 13.6. The van der Waals surface area contributed by atoms with Crippen LogP contribution >= 0.6 is 0 Å². The van der Waals surface area contributed by atoms with E-state index in [1.165, 1.54) is 18.4 Å². The molecule has 2 aromatic carbocycles. The Morgan fingerprint density at radius 3 is 2.42 bits per heavy atom. The number of hydrogen-bond donors (Lipinski definition) is 0. The van der Waals surface area contributed by atoms with Crippen molar-refractivity contribution in [3.63, 3.8) is 0 Å². The number of imide groups is 1. The monoisotopic (exact) mass is 446 g/mol. The Labute approximate surface area is 190 Å². The number of anilines is 2. The third-order valence-electron chi connectivity index (χ3n) is 5.94. The molecule has 2 fully saturated rings. The zero-order chi connectivity index (χ0) is 23.1. The number of ether oxygens (including phenoxy) is 1. The minimum absolute atomic E-state index is 0.260. The SMILES string of the molecule is CCOC(=O)c1ccc(N2C(=O)[C@@H]3[C@@H](c4ccco4)N(c4ccccc4C)O[C@H]3C2=O)cc1. The van der Waals surface area contributed by atoms with Gasteiger partial charge < -0.3 is 9.15 Å². The summed E-state index contributed by atoms with van der Waals surface area (Å²) in [5.74, 6) is -1.55. The number of benzene rings is 2. The Balaban J connectivity index is 1.49. The van der Waals surface area contributed by atoms with Crippen LogP contribution in [0.15, 0.2) is 71.3 Å². The number of fused-ring (bicyclic) bond motifs is 1. The Hall–Kier alpha value is -3.91. The lowest BCUT2D eigenvalue weighted by molar-refractivity contribution is -0.126. The van der Waals surface area contributed by atoms with E-state index in [0.717, 1.165) is 16.2 Å². The molecule has 1 aromatic heterocycles. The van der Waals surface area contributed by atoms with Crippen molar-refractivity contribution in [3.05, 3.63) is 83.8 Å². The second-order valence-electron chi connectivity index (χ2n) is 7.90. The molecule has 8 nitrogen and oxygen atoms in total. The zero-order valence-electron chi connectivity index (χ0n) is 18.1. The van der Waals surface area contributed by atoms with E-state index >= 15 is 0 Å². The molecule has 2 saturated heterocycles. The van der Waals surface area contributed by atoms with Crippen LogP contribution in [0.1, 0.15) is 34.6 Å². The number of nitrogens with zero attached hydrogens (tertiary/aromatic N) is 2. The van der Waals surface area contributed by atoms with E-state index in [9.17, 15) is 14.4 Å². The molecule has 2 aliphatic heterocycles. The summed E-state index contributed by atoms with van der Waals surface area (Å²) in [4.78, 5) is 46.0. The molecule has 2 aliphatic rings. The second-order valence-corrected chi connectivity index (χ2v) is 7.90. The van der Waals surface area contributed by atoms with E-state index in [4.69, 9.17) is 14.0 Å². The fourth-order valence-corrected chi connectivity index (χ4v) is 4.40. The molecular formula is C25H22N2O6. The first-order valence-corrected chi connectivity index (χ1v) is 10.7. The smallest absolute Gasteiger partial charge is 0.338 e. The third-order valence-corrected chi connectivity index (χ3v) is 5.94. The van der Waals surface area contributed by atoms with Crippen LogP contribution < -0.4 is 9.96 Å². The summed E-state index contributed by atoms with van der Waals surface area (Å²) >= 11 is 0. The predicted molar refractivity (Wildman–Crippen MR) is 118 cm³/mol. The maximum Gasteiger partial charge on any atom is 0.338 e. The van der Waals surface area contributed by atoms with Crippen LogP contribution in [-0.2, 0) is 19.2 Å². The Kier molecular flexibility index (Phi) is 5.22. The van der Waals surface area contributed by atoms with Crippen LogP contribution in [0.25, 0.3) is 0 Å². The summed E-state index contributed by atoms with van der Waals surface area (Å²) in [5, 5.41) is 1.61. The molecule has 0 saturated carbocycles. The van der Waals surface area contributed by atoms with Gasteiger partial charge in [-0.25, -0.2) is 14.8 Å². The Bertz CT molecular complexity index is 1200. The van der Waals surface area contributed by atoms with Gasteiger partial charge in [0.1, 0.15) is 17.7 Å². The number of rotatable bonds is 5. The van der Waals surface area contributed by atoms with Crippen LogP contribution in [0.4, 0.5) is 11.4 Å². The van der Waals surface area contributed by atoms with Crippen molar-refractivity contribution in [2.24, 2.45) is 5.92 Å². The van der Waals surface area contributed by atoms with Crippen LogP contribution in [0, 0.1) is 12.8 Å². The highest BCUT2D eigenvalue weighted by molar-refractivity contribution is 6.24. The van der Waals surface area contributed by atoms with Gasteiger partial charge in [-0.2, -0.15) is 0 Å². The van der Waals surface area contributed by atoms with E-state index in [0.29, 0.717) is 17.0 Å². The molecule has 0 spiro atoms. The maximum absolute atomic E-state index is 13.6. The van der Waals surface area contributed by atoms with Gasteiger partial charge in [0.2, 0.25) is 5.91 Å². The van der Waals surface area contributed by atoms with Crippen LogP contribution in [0.2, 0.25) is 0 Å². The van der Waals surface area contributed by atoms with Crippen molar-refractivity contribution in [2.45, 2.75) is 26.0 Å². The van der Waals surface area contributed by atoms with Crippen molar-refractivity contribution in [1.29, 1.82) is 0 Å². The molecule has 3 atom stereocenters. The molecule has 8 heteroatoms. The lowest BCUT2D eigenvalue weighted by Crippen LogP contribution is -2.37. The van der Waals surface area contributed by atoms with Gasteiger partial charge in [0.05, 0.1) is 29.8 Å². The van der Waals surface area contributed by atoms with Crippen LogP contribution in [-0.4, -0.2) is 30.5 Å². The molecular weight excluding hydrogens is 424 g/mol. The van der Waals surface area contributed by atoms with Crippen molar-refractivity contribution < 1.29 is 28.4 Å². The third kappa shape index (κ3) is 3.39. The Morgan fingerprint density at radius 1 is 1.00 bits per heavy atom. The molecule has 3 heterocycles. The number of amides is 2. The van der Waals surface area contributed by atoms with Gasteiger partial charge >= 0.3 is 5.97 Å². The average Bonchev–Trinajstić information content (AvgIpc) is 3.52. The minimum atomic E-state index is -0.989. The second kappa shape index (κ2) is 8.22. The lowest BCUT2D eigenvalue weighted by atomic mass is 9.94. The average molecular weight is 446 g/mol. The summed E-state index contributed by atoms with van der Waals surface area (Å²) in [6.07, 6.45) is 0.545. The molecule has 0 unspecified atom stereocenters. The highest BCUT2D eigenvalue weighted by Crippen LogP contribution is 2.48. The van der Waals surface area contributed by atoms with Gasteiger partial charge in [-0.3, -0.25) is 14.4 Å². The van der Waals surface area contributed by atoms with Crippen molar-refractivity contribution in [1.82, 2.24) is 0 Å². The van der Waals surface area contributed by atoms with E-state index in [-0.39, 0.29) is 12.5 Å². The standard InChI is InChI=1S/C25H22N2O6/c1-3-31-25(30)16-10-12-17(13-11-16)26-23(28)20-21(19-9-6-14-32-19)27(33-22(20)24(26)29)18-8-5-4-7-15(18)2/h4-14,20-22H,3H2,1-2H3/t20-,21-,22-/m1/s1. The summed E-state index contributed by atoms with van der Waals surface area (Å²) in [6.45, 7) is 3.92. The van der Waals surface area contributed by atoms with Crippen molar-refractivity contribution >= 4 is 29.2 Å². The van der Waals surface area contributed by atoms with Crippen LogP contribution in [0.5, 0.6) is 0 Å². The normalized spacial score (nSPS) is 22.1. The van der Waals surface area contributed by atoms with E-state index in [1.54, 1.807) is 36.3 Å². The molecule has 5 rings (SSSR count). The number of furan rings is 1. The highest BCUT2D eigenvalue weighted by Gasteiger charge is 2.61. The molecule has 0 radical (unpaired) electrons. The van der Waals surface area contributed by atoms with E-state index in [1.807, 2.05) is 31.2 Å². The predicted octanol–water partition coefficient (Wildman–Crippen LogP) is 3.82. The van der Waals surface area contributed by atoms with Crippen molar-refractivity contribution in [3.8, 4) is 0 Å². The quantitative estimate of drug-likeness (QED) is 0.435. The molecule has 0 bridgehead atoms. The van der Waals surface area contributed by atoms with Gasteiger partial charge in [-0.1, -0.05) is 18.2 Å². The van der Waals surface area contributed by atoms with Gasteiger partial charge in [0.25, 0.3) is 5.91 Å². The summed E-state index contributed by atoms with van der Waals surface area (Å²) < 4.78 is 10.6. The molecule has 2 amide bonds. The first kappa shape index (κ1) is 21.0. The zero-order valence-corrected chi connectivity index (χ0v) is 18.1. The lowest BCUT2D eigenvalue weighted by Gasteiger charge is -2.28. The molecule has 0 aliphatic carbocycles. The Morgan fingerprint density at radius 2 is 1.76 bits per heavy atom. The molecule has 33 heavy (non-hydrogen) atoms. The number of hydrogen-bond acceptors (Lipinski definition) is 7. The summed E-state index contributed by atoms with van der Waals surface area (Å²) in [6, 6.07) is 16.7. The number of para-hydroxylation sites is 1. The number of esters is 1. The first-order valence-electron chi connectivity index (χ1n) is 10.7. The van der Waals surface area contributed by atoms with Gasteiger partial charge in [0.15, 0.2) is 6.10 Å². The highest BCUT2D eigenvalue weighted by atomic mass is 16.7. The fraction of sp³-hybridized carbons (Fsp3) is 0.240. The number of carbonyl (C=O) groups is 3.